The zero-order valence-electron chi connectivity index (χ0n) is 53.9. The number of aliphatic imine (C=N–C) groups is 2. The molecule has 6 aromatic rings. The van der Waals surface area contributed by atoms with E-state index in [0.29, 0.717) is 90.3 Å². The van der Waals surface area contributed by atoms with Crippen molar-refractivity contribution in [3.05, 3.63) is 130 Å². The van der Waals surface area contributed by atoms with Crippen LogP contribution in [0.4, 0.5) is 11.6 Å². The van der Waals surface area contributed by atoms with Crippen molar-refractivity contribution in [2.24, 2.45) is 37.7 Å². The van der Waals surface area contributed by atoms with E-state index in [1.165, 1.54) is 0 Å². The van der Waals surface area contributed by atoms with Gasteiger partial charge in [0.2, 0.25) is 0 Å². The Labute approximate surface area is 557 Å². The molecule has 0 atom stereocenters. The molecule has 4 aromatic carbocycles. The minimum atomic E-state index is -7.12. The van der Waals surface area contributed by atoms with Crippen molar-refractivity contribution < 1.29 is 78.8 Å². The number of hydrogen-bond acceptors (Lipinski definition) is 22. The van der Waals surface area contributed by atoms with Gasteiger partial charge in [0.1, 0.15) is 0 Å². The van der Waals surface area contributed by atoms with Gasteiger partial charge in [-0.2, -0.15) is 43.1 Å². The van der Waals surface area contributed by atoms with Crippen LogP contribution in [0, 0.1) is 0 Å². The zero-order chi connectivity index (χ0) is 68.3. The third-order valence-corrected chi connectivity index (χ3v) is 38.9. The topological polar surface area (TPSA) is 390 Å². The Morgan fingerprint density at radius 2 is 0.917 bits per heavy atom. The Balaban J connectivity index is 0.953. The number of quaternary nitrogens is 1. The fourth-order valence-electron chi connectivity index (χ4n) is 15.6. The van der Waals surface area contributed by atoms with Crippen LogP contribution in [-0.2, 0) is 66.4 Å². The molecule has 0 bridgehead atoms. The standard InChI is InChI=1S/C61H80N14O15S3Si3/c1-94(2,41-16-32-65-51(76)29-13-14-31-53(78)86-62)89-96(90-95(3,4)42-17-33-66-52(77)30-15-34-75(35-18-38-91(79,80)81,36-19-39-92(82,83)87-63)37-20-40-93(84,85)88-64)71-54-43-21-5-6-22-44(43)55(71)68-57-47-25-9-10-26-48(47)59(73(57)96)70-61-50-28-12-11-27-49(50)60(74(61)96)69-58-46-24-8-7-23-45(46)56(67-54)72(58)96/h5-12,21-28H,13-20,29-42,62-64H2,1-4H3,(H2-,65,66,76,77,79,80,81). The molecule has 8 heterocycles. The molecule has 514 valence electrons. The zero-order valence-corrected chi connectivity index (χ0v) is 59.3. The van der Waals surface area contributed by atoms with Crippen LogP contribution in [0.25, 0.3) is 21.5 Å². The van der Waals surface area contributed by atoms with E-state index in [1.807, 2.05) is 48.5 Å². The van der Waals surface area contributed by atoms with E-state index in [0.717, 1.165) is 43.8 Å². The summed E-state index contributed by atoms with van der Waals surface area (Å²) in [6.07, 6.45) is 2.18. The number of hydrogen-bond donors (Lipinski definition) is 5. The normalized spacial score (nSPS) is 17.4. The molecule has 0 saturated carbocycles. The molecule has 8 N–H and O–H groups in total. The maximum atomic E-state index is 14.2. The summed E-state index contributed by atoms with van der Waals surface area (Å²) in [5.74, 6) is 15.8. The van der Waals surface area contributed by atoms with Crippen LogP contribution >= 0.6 is 0 Å². The molecule has 35 heteroatoms. The summed E-state index contributed by atoms with van der Waals surface area (Å²) in [7, 11) is -27.0. The number of fused-ring (bicyclic) bond motifs is 12. The average Bonchev–Trinajstić information content (AvgIpc) is 1.24. The second-order valence-corrected chi connectivity index (χ2v) is 45.9. The predicted octanol–water partition coefficient (Wildman–Crippen LogP) is 3.51. The first-order chi connectivity index (χ1) is 45.6. The van der Waals surface area contributed by atoms with Crippen LogP contribution < -0.4 is 39.3 Å². The predicted molar refractivity (Wildman–Crippen MR) is 363 cm³/mol. The number of carbonyl (C=O) groups excluding carboxylic acids is 3. The Morgan fingerprint density at radius 1 is 0.521 bits per heavy atom. The van der Waals surface area contributed by atoms with Gasteiger partial charge in [-0.25, -0.2) is 8.42 Å². The third-order valence-electron chi connectivity index (χ3n) is 19.2. The molecule has 29 nitrogen and oxygen atoms in total. The van der Waals surface area contributed by atoms with Gasteiger partial charge in [-0.05, 0) is 0 Å². The van der Waals surface area contributed by atoms with Gasteiger partial charge >= 0.3 is 428 Å². The first-order valence-electron chi connectivity index (χ1n) is 32.2. The molecule has 0 fully saturated rings. The number of amides is 2. The van der Waals surface area contributed by atoms with Crippen LogP contribution in [0.15, 0.2) is 117 Å². The van der Waals surface area contributed by atoms with Gasteiger partial charge in [-0.15, -0.1) is 0 Å². The quantitative estimate of drug-likeness (QED) is 0.0125. The Kier molecular flexibility index (Phi) is 18.1. The van der Waals surface area contributed by atoms with E-state index < -0.39 is 78.0 Å². The summed E-state index contributed by atoms with van der Waals surface area (Å²) in [5, 5.41) is 9.50. The summed E-state index contributed by atoms with van der Waals surface area (Å²) in [6.45, 7) is 9.66. The maximum absolute atomic E-state index is 14.2. The Hall–Kier alpha value is -7.21. The second kappa shape index (κ2) is 25.3. The van der Waals surface area contributed by atoms with Crippen molar-refractivity contribution in [3.63, 3.8) is 0 Å². The number of benzene rings is 4. The van der Waals surface area contributed by atoms with Gasteiger partial charge in [0.05, 0.1) is 21.6 Å². The Morgan fingerprint density at radius 3 is 1.35 bits per heavy atom. The van der Waals surface area contributed by atoms with Crippen LogP contribution in [0.2, 0.25) is 38.3 Å². The van der Waals surface area contributed by atoms with Gasteiger partial charge in [0.25, 0.3) is 20.2 Å². The van der Waals surface area contributed by atoms with Gasteiger partial charge in [-0.3, -0.25) is 4.79 Å². The number of nitrogens with one attached hydrogen (secondary N) is 2. The molecule has 2 amide bonds. The summed E-state index contributed by atoms with van der Waals surface area (Å²) in [6, 6.07) is 33.4. The number of nitrogens with two attached hydrogens (primary N) is 3. The Bertz CT molecular complexity index is 4670. The molecular formula is C61H80N14O15S3Si3. The number of rotatable bonds is 35. The average molecular weight is 1430 g/mol. The van der Waals surface area contributed by atoms with Crippen molar-refractivity contribution in [2.45, 2.75) is 109 Å². The number of aromatic nitrogens is 2. The molecule has 0 aliphatic carbocycles. The third kappa shape index (κ3) is 11.6. The molecule has 6 aliphatic heterocycles. The SMILES string of the molecule is C[Si](C)(CCCNC(=O)CCCCC(=O)ON)O[Si-2]123(O[Si](C)(C)CCCNC(=O)CCC[N+](CCCS(=O)(=O)[O-])(CCCS(=O)(=O)ON)CCCS(=O)(=O)ON)n4c5c6ccccc6c4N=C4c6ccccc6C(=[N+]41)N=c1c4ccccc4c(n12)=NC1=[N+]3C(=N5)c2ccccc21. The molecule has 0 saturated heterocycles. The first-order valence-corrected chi connectivity index (χ1v) is 45.8. The summed E-state index contributed by atoms with van der Waals surface area (Å²) >= 11 is 0. The summed E-state index contributed by atoms with van der Waals surface area (Å²) in [4.78, 5) is 66.8. The van der Waals surface area contributed by atoms with Crippen molar-refractivity contribution >= 4 is 129 Å². The fourth-order valence-corrected chi connectivity index (χ4v) is 39.5. The molecule has 96 heavy (non-hydrogen) atoms. The number of nitrogens with zero attached hydrogens (tertiary/aromatic N) is 9. The van der Waals surface area contributed by atoms with Gasteiger partial charge < -0.3 is 9.39 Å². The fraction of sp³-hybridized carbons (Fsp3) is 0.426. The molecule has 0 radical (unpaired) electrons. The van der Waals surface area contributed by atoms with Gasteiger partial charge in [-0.1, -0.05) is 0 Å². The number of unbranched alkanes of at least 4 members (excludes halogenated alkanes) is 1. The van der Waals surface area contributed by atoms with E-state index in [2.05, 4.69) is 116 Å². The summed E-state index contributed by atoms with van der Waals surface area (Å²) < 4.78 is 121. The van der Waals surface area contributed by atoms with Crippen molar-refractivity contribution in [1.29, 1.82) is 0 Å². The number of carbonyl (C=O) groups is 3. The molecule has 0 unspecified atom stereocenters. The van der Waals surface area contributed by atoms with Gasteiger partial charge in [0.15, 0.2) is 0 Å². The number of amidine groups is 4. The first kappa shape index (κ1) is 68.7. The second-order valence-electron chi connectivity index (χ2n) is 26.7. The van der Waals surface area contributed by atoms with E-state index in [9.17, 15) is 52.4 Å². The van der Waals surface area contributed by atoms with Crippen LogP contribution in [-0.4, -0.2) is 173 Å². The van der Waals surface area contributed by atoms with E-state index >= 15 is 0 Å². The van der Waals surface area contributed by atoms with Crippen LogP contribution in [0.5, 0.6) is 0 Å². The monoisotopic (exact) mass is 1430 g/mol. The van der Waals surface area contributed by atoms with Crippen molar-refractivity contribution in [2.75, 3.05) is 56.5 Å². The molecular weight excluding hydrogens is 1350 g/mol. The minimum absolute atomic E-state index is 0.0199. The van der Waals surface area contributed by atoms with E-state index in [4.69, 9.17) is 37.7 Å². The van der Waals surface area contributed by atoms with Crippen LogP contribution in [0.3, 0.4) is 0 Å². The molecule has 1 spiro atoms. The van der Waals surface area contributed by atoms with Crippen molar-refractivity contribution in [1.82, 2.24) is 19.1 Å². The molecule has 6 aliphatic rings. The van der Waals surface area contributed by atoms with E-state index in [1.54, 1.807) is 0 Å². The molecule has 2 aromatic heterocycles. The van der Waals surface area contributed by atoms with E-state index in [-0.39, 0.29) is 94.0 Å². The molecule has 12 rings (SSSR count). The van der Waals surface area contributed by atoms with Crippen molar-refractivity contribution in [3.8, 4) is 0 Å². The van der Waals surface area contributed by atoms with Gasteiger partial charge in [0, 0.05) is 25.0 Å². The van der Waals surface area contributed by atoms with Crippen LogP contribution in [0.1, 0.15) is 92.9 Å². The summed E-state index contributed by atoms with van der Waals surface area (Å²) in [5.41, 5.74) is 4.39.